The summed E-state index contributed by atoms with van der Waals surface area (Å²) in [7, 11) is 0. The van der Waals surface area contributed by atoms with E-state index in [0.29, 0.717) is 29.2 Å². The molecular formula is C35H28F3N3O. The Bertz CT molecular complexity index is 1870. The molecule has 2 aromatic heterocycles. The van der Waals surface area contributed by atoms with Gasteiger partial charge in [-0.15, -0.1) is 0 Å². The number of hydrogen-bond donors (Lipinski definition) is 0. The monoisotopic (exact) mass is 563 g/mol. The zero-order valence-electron chi connectivity index (χ0n) is 23.4. The number of rotatable bonds is 6. The summed E-state index contributed by atoms with van der Waals surface area (Å²) in [5, 5.41) is 4.67. The van der Waals surface area contributed by atoms with E-state index in [9.17, 15) is 13.2 Å². The molecule has 0 spiro atoms. The molecule has 0 aliphatic heterocycles. The highest BCUT2D eigenvalue weighted by Gasteiger charge is 2.36. The van der Waals surface area contributed by atoms with Crippen LogP contribution in [0.1, 0.15) is 27.8 Å². The number of aryl methyl sites for hydroxylation is 3. The van der Waals surface area contributed by atoms with Gasteiger partial charge in [0.15, 0.2) is 5.65 Å². The molecule has 0 amide bonds. The number of halogens is 3. The minimum absolute atomic E-state index is 0.0335. The van der Waals surface area contributed by atoms with Gasteiger partial charge in [0.2, 0.25) is 0 Å². The number of fused-ring (bicyclic) bond motifs is 1. The van der Waals surface area contributed by atoms with E-state index in [-0.39, 0.29) is 22.4 Å². The summed E-state index contributed by atoms with van der Waals surface area (Å²) >= 11 is 0. The molecule has 0 fully saturated rings. The first-order chi connectivity index (χ1) is 20.2. The fourth-order valence-electron chi connectivity index (χ4n) is 4.92. The Kier molecular flexibility index (Phi) is 7.02. The van der Waals surface area contributed by atoms with E-state index in [4.69, 9.17) is 14.8 Å². The van der Waals surface area contributed by atoms with E-state index in [1.54, 1.807) is 36.4 Å². The Hall–Kier alpha value is -4.91. The van der Waals surface area contributed by atoms with Crippen LogP contribution in [0.5, 0.6) is 5.75 Å². The summed E-state index contributed by atoms with van der Waals surface area (Å²) in [6.07, 6.45) is -4.63. The maximum atomic E-state index is 14.7. The largest absolute Gasteiger partial charge is 0.489 e. The van der Waals surface area contributed by atoms with E-state index in [1.165, 1.54) is 4.68 Å². The second kappa shape index (κ2) is 10.8. The minimum Gasteiger partial charge on any atom is -0.489 e. The summed E-state index contributed by atoms with van der Waals surface area (Å²) in [5.41, 5.74) is 5.77. The quantitative estimate of drug-likeness (QED) is 0.203. The van der Waals surface area contributed by atoms with Crippen molar-refractivity contribution in [3.05, 3.63) is 131 Å². The smallest absolute Gasteiger partial charge is 0.417 e. The number of pyridine rings is 1. The molecule has 6 rings (SSSR count). The van der Waals surface area contributed by atoms with Gasteiger partial charge in [0.05, 0.1) is 22.3 Å². The van der Waals surface area contributed by atoms with Crippen molar-refractivity contribution in [2.75, 3.05) is 0 Å². The molecule has 4 nitrogen and oxygen atoms in total. The molecule has 0 bridgehead atoms. The number of nitrogens with zero attached hydrogens (tertiary/aromatic N) is 3. The zero-order chi connectivity index (χ0) is 29.4. The third-order valence-electron chi connectivity index (χ3n) is 7.35. The van der Waals surface area contributed by atoms with Gasteiger partial charge in [0.1, 0.15) is 18.1 Å². The molecule has 0 aliphatic rings. The predicted octanol–water partition coefficient (Wildman–Crippen LogP) is 9.28. The van der Waals surface area contributed by atoms with Crippen LogP contribution in [-0.2, 0) is 12.8 Å². The number of alkyl halides is 3. The van der Waals surface area contributed by atoms with Gasteiger partial charge in [-0.25, -0.2) is 9.67 Å². The highest BCUT2D eigenvalue weighted by atomic mass is 19.4. The molecule has 4 aromatic carbocycles. The third-order valence-corrected chi connectivity index (χ3v) is 7.35. The Labute approximate surface area is 242 Å². The first-order valence-electron chi connectivity index (χ1n) is 13.6. The lowest BCUT2D eigenvalue weighted by Crippen LogP contribution is -2.08. The highest BCUT2D eigenvalue weighted by Crippen LogP contribution is 2.41. The molecule has 0 saturated heterocycles. The van der Waals surface area contributed by atoms with E-state index in [1.807, 2.05) is 81.4 Å². The standard InChI is InChI=1S/C35H28F3N3O/c1-22-8-12-26(13-9-22)33-32-30(35(36,37)38)20-31(39-34(32)41(40-33)28-16-10-23(2)11-17-28)25-14-18-29(19-15-25)42-21-27-7-5-4-6-24(27)3/h4-20H,21H2,1-3H3. The fraction of sp³-hybridized carbons (Fsp3) is 0.143. The SMILES string of the molecule is Cc1ccc(-c2nn(-c3ccc(C)cc3)c3nc(-c4ccc(OCc5ccccc5C)cc4)cc(C(F)(F)F)c23)cc1. The van der Waals surface area contributed by atoms with Crippen LogP contribution in [0.25, 0.3) is 39.2 Å². The molecule has 42 heavy (non-hydrogen) atoms. The fourth-order valence-corrected chi connectivity index (χ4v) is 4.92. The number of hydrogen-bond acceptors (Lipinski definition) is 3. The van der Waals surface area contributed by atoms with Crippen LogP contribution in [0.2, 0.25) is 0 Å². The lowest BCUT2D eigenvalue weighted by atomic mass is 10.0. The highest BCUT2D eigenvalue weighted by molar-refractivity contribution is 5.96. The maximum Gasteiger partial charge on any atom is 0.417 e. The van der Waals surface area contributed by atoms with Crippen molar-refractivity contribution in [3.8, 4) is 34.0 Å². The van der Waals surface area contributed by atoms with Crippen molar-refractivity contribution in [1.29, 1.82) is 0 Å². The molecule has 0 N–H and O–H groups in total. The molecule has 2 heterocycles. The summed E-state index contributed by atoms with van der Waals surface area (Å²) in [6, 6.07) is 30.8. The molecule has 7 heteroatoms. The molecule has 0 atom stereocenters. The predicted molar refractivity (Wildman–Crippen MR) is 160 cm³/mol. The van der Waals surface area contributed by atoms with Gasteiger partial charge in [-0.2, -0.15) is 18.3 Å². The minimum atomic E-state index is -4.63. The second-order valence-electron chi connectivity index (χ2n) is 10.5. The Morgan fingerprint density at radius 2 is 1.36 bits per heavy atom. The van der Waals surface area contributed by atoms with Crippen molar-refractivity contribution in [2.24, 2.45) is 0 Å². The van der Waals surface area contributed by atoms with Gasteiger partial charge in [-0.05, 0) is 74.4 Å². The van der Waals surface area contributed by atoms with E-state index in [0.717, 1.165) is 28.3 Å². The van der Waals surface area contributed by atoms with Crippen molar-refractivity contribution in [1.82, 2.24) is 14.8 Å². The van der Waals surface area contributed by atoms with Crippen LogP contribution in [0.4, 0.5) is 13.2 Å². The van der Waals surface area contributed by atoms with Gasteiger partial charge in [0, 0.05) is 11.1 Å². The summed E-state index contributed by atoms with van der Waals surface area (Å²) in [5.74, 6) is 0.616. The first kappa shape index (κ1) is 27.3. The van der Waals surface area contributed by atoms with E-state index in [2.05, 4.69) is 0 Å². The normalized spacial score (nSPS) is 11.7. The molecule has 0 radical (unpaired) electrons. The van der Waals surface area contributed by atoms with Crippen LogP contribution in [0, 0.1) is 20.8 Å². The first-order valence-corrected chi connectivity index (χ1v) is 13.6. The second-order valence-corrected chi connectivity index (χ2v) is 10.5. The van der Waals surface area contributed by atoms with Crippen molar-refractivity contribution in [2.45, 2.75) is 33.6 Å². The molecule has 0 unspecified atom stereocenters. The van der Waals surface area contributed by atoms with E-state index >= 15 is 0 Å². The summed E-state index contributed by atoms with van der Waals surface area (Å²) < 4.78 is 51.6. The van der Waals surface area contributed by atoms with Crippen LogP contribution >= 0.6 is 0 Å². The van der Waals surface area contributed by atoms with Gasteiger partial charge in [-0.3, -0.25) is 0 Å². The van der Waals surface area contributed by atoms with Gasteiger partial charge in [-0.1, -0.05) is 71.8 Å². The molecular weight excluding hydrogens is 535 g/mol. The maximum absolute atomic E-state index is 14.7. The van der Waals surface area contributed by atoms with Gasteiger partial charge in [0.25, 0.3) is 0 Å². The Morgan fingerprint density at radius 3 is 2.00 bits per heavy atom. The average molecular weight is 564 g/mol. The van der Waals surface area contributed by atoms with Crippen molar-refractivity contribution in [3.63, 3.8) is 0 Å². The number of benzene rings is 4. The van der Waals surface area contributed by atoms with Crippen LogP contribution < -0.4 is 4.74 Å². The summed E-state index contributed by atoms with van der Waals surface area (Å²) in [6.45, 7) is 6.30. The molecule has 0 aliphatic carbocycles. The van der Waals surface area contributed by atoms with Crippen molar-refractivity contribution >= 4 is 11.0 Å². The molecule has 210 valence electrons. The topological polar surface area (TPSA) is 39.9 Å². The Morgan fingerprint density at radius 1 is 0.738 bits per heavy atom. The Balaban J connectivity index is 1.48. The lowest BCUT2D eigenvalue weighted by Gasteiger charge is -2.13. The van der Waals surface area contributed by atoms with Crippen LogP contribution in [0.15, 0.2) is 103 Å². The average Bonchev–Trinajstić information content (AvgIpc) is 3.36. The summed E-state index contributed by atoms with van der Waals surface area (Å²) in [4.78, 5) is 4.78. The van der Waals surface area contributed by atoms with Crippen LogP contribution in [0.3, 0.4) is 0 Å². The lowest BCUT2D eigenvalue weighted by molar-refractivity contribution is -0.136. The number of ether oxygens (including phenoxy) is 1. The van der Waals surface area contributed by atoms with Crippen molar-refractivity contribution < 1.29 is 17.9 Å². The molecule has 6 aromatic rings. The van der Waals surface area contributed by atoms with Crippen LogP contribution in [-0.4, -0.2) is 14.8 Å². The van der Waals surface area contributed by atoms with Gasteiger partial charge < -0.3 is 4.74 Å². The zero-order valence-corrected chi connectivity index (χ0v) is 23.4. The molecule has 0 saturated carbocycles. The number of aromatic nitrogens is 3. The van der Waals surface area contributed by atoms with Gasteiger partial charge >= 0.3 is 6.18 Å². The third kappa shape index (κ3) is 5.38. The van der Waals surface area contributed by atoms with E-state index < -0.39 is 11.7 Å².